The van der Waals surface area contributed by atoms with E-state index in [4.69, 9.17) is 16.7 Å². The summed E-state index contributed by atoms with van der Waals surface area (Å²) in [6, 6.07) is 9.01. The van der Waals surface area contributed by atoms with Gasteiger partial charge in [0.25, 0.3) is 0 Å². The molecule has 0 aliphatic carbocycles. The number of halogens is 2. The summed E-state index contributed by atoms with van der Waals surface area (Å²) in [6.45, 7) is -0.416. The molecule has 2 aromatic carbocycles. The maximum Gasteiger partial charge on any atom is 0.323 e. The first-order chi connectivity index (χ1) is 10.0. The Balaban J connectivity index is 2.63. The zero-order valence-corrected chi connectivity index (χ0v) is 11.4. The molecule has 1 N–H and O–H groups in total. The molecule has 0 spiro atoms. The van der Waals surface area contributed by atoms with Crippen LogP contribution in [0.1, 0.15) is 0 Å². The van der Waals surface area contributed by atoms with Crippen molar-refractivity contribution in [3.8, 4) is 0 Å². The standard InChI is InChI=1S/C15H9ClFNO3/c16-13-10(17)6-5-9-14(13)18(7-12(19)20)11-4-2-1-3-8(11)15(9)21/h1-6H,7H2,(H,19,20). The molecule has 6 heteroatoms. The van der Waals surface area contributed by atoms with Gasteiger partial charge in [-0.1, -0.05) is 23.7 Å². The highest BCUT2D eigenvalue weighted by Gasteiger charge is 2.17. The number of hydrogen-bond acceptors (Lipinski definition) is 2. The second-order valence-corrected chi connectivity index (χ2v) is 4.96. The Hall–Kier alpha value is -2.40. The average molecular weight is 306 g/mol. The molecule has 0 unspecified atom stereocenters. The first-order valence-corrected chi connectivity index (χ1v) is 6.49. The van der Waals surface area contributed by atoms with Crippen LogP contribution < -0.4 is 5.43 Å². The van der Waals surface area contributed by atoms with E-state index in [0.717, 1.165) is 6.07 Å². The summed E-state index contributed by atoms with van der Waals surface area (Å²) in [6.07, 6.45) is 0. The molecule has 1 aromatic heterocycles. The molecule has 0 amide bonds. The fourth-order valence-electron chi connectivity index (χ4n) is 2.45. The Labute approximate surface area is 123 Å². The Morgan fingerprint density at radius 1 is 1.19 bits per heavy atom. The molecule has 4 nitrogen and oxygen atoms in total. The lowest BCUT2D eigenvalue weighted by molar-refractivity contribution is -0.137. The topological polar surface area (TPSA) is 59.3 Å². The molecule has 0 bridgehead atoms. The summed E-state index contributed by atoms with van der Waals surface area (Å²) < 4.78 is 15.1. The van der Waals surface area contributed by atoms with Crippen LogP contribution in [-0.2, 0) is 11.3 Å². The minimum Gasteiger partial charge on any atom is -0.480 e. The van der Waals surface area contributed by atoms with Crippen molar-refractivity contribution >= 4 is 39.4 Å². The number of hydrogen-bond donors (Lipinski definition) is 1. The largest absolute Gasteiger partial charge is 0.480 e. The molecular formula is C15H9ClFNO3. The van der Waals surface area contributed by atoms with Crippen LogP contribution in [-0.4, -0.2) is 15.6 Å². The molecule has 0 saturated carbocycles. The number of aromatic nitrogens is 1. The summed E-state index contributed by atoms with van der Waals surface area (Å²) >= 11 is 5.96. The number of fused-ring (bicyclic) bond motifs is 2. The van der Waals surface area contributed by atoms with Crippen molar-refractivity contribution < 1.29 is 14.3 Å². The van der Waals surface area contributed by atoms with E-state index >= 15 is 0 Å². The van der Waals surface area contributed by atoms with Gasteiger partial charge in [0.15, 0.2) is 5.43 Å². The van der Waals surface area contributed by atoms with Crippen molar-refractivity contribution in [1.29, 1.82) is 0 Å². The zero-order chi connectivity index (χ0) is 15.1. The minimum absolute atomic E-state index is 0.0998. The number of rotatable bonds is 2. The predicted octanol–water partition coefficient (Wildman–Crippen LogP) is 3.03. The SMILES string of the molecule is O=C(O)Cn1c2ccccc2c(=O)c2ccc(F)c(Cl)c21. The van der Waals surface area contributed by atoms with Gasteiger partial charge in [-0.2, -0.15) is 0 Å². The lowest BCUT2D eigenvalue weighted by Crippen LogP contribution is -2.16. The van der Waals surface area contributed by atoms with Crippen LogP contribution in [0.3, 0.4) is 0 Å². The van der Waals surface area contributed by atoms with Gasteiger partial charge in [0, 0.05) is 10.8 Å². The number of carboxylic acids is 1. The second-order valence-electron chi connectivity index (χ2n) is 4.58. The summed E-state index contributed by atoms with van der Waals surface area (Å²) in [5, 5.41) is 9.39. The molecule has 0 atom stereocenters. The molecule has 3 aromatic rings. The summed E-state index contributed by atoms with van der Waals surface area (Å²) in [4.78, 5) is 23.5. The van der Waals surface area contributed by atoms with E-state index in [1.165, 1.54) is 10.6 Å². The van der Waals surface area contributed by atoms with Crippen LogP contribution in [0.15, 0.2) is 41.2 Å². The predicted molar refractivity (Wildman–Crippen MR) is 78.3 cm³/mol. The smallest absolute Gasteiger partial charge is 0.323 e. The number of nitrogens with zero attached hydrogens (tertiary/aromatic N) is 1. The van der Waals surface area contributed by atoms with Gasteiger partial charge in [-0.25, -0.2) is 4.39 Å². The summed E-state index contributed by atoms with van der Waals surface area (Å²) in [5.74, 6) is -1.80. The average Bonchev–Trinajstić information content (AvgIpc) is 2.46. The van der Waals surface area contributed by atoms with Crippen LogP contribution in [0.4, 0.5) is 4.39 Å². The molecule has 0 aliphatic rings. The van der Waals surface area contributed by atoms with Crippen LogP contribution >= 0.6 is 11.6 Å². The van der Waals surface area contributed by atoms with Gasteiger partial charge in [0.1, 0.15) is 17.4 Å². The highest BCUT2D eigenvalue weighted by atomic mass is 35.5. The van der Waals surface area contributed by atoms with E-state index in [9.17, 15) is 14.0 Å². The molecular weight excluding hydrogens is 297 g/mol. The Kier molecular flexibility index (Phi) is 3.14. The number of carbonyl (C=O) groups is 1. The van der Waals surface area contributed by atoms with Crippen molar-refractivity contribution in [2.45, 2.75) is 6.54 Å². The van der Waals surface area contributed by atoms with Crippen LogP contribution in [0, 0.1) is 5.82 Å². The van der Waals surface area contributed by atoms with Gasteiger partial charge >= 0.3 is 5.97 Å². The zero-order valence-electron chi connectivity index (χ0n) is 10.6. The van der Waals surface area contributed by atoms with Gasteiger partial charge in [0.05, 0.1) is 11.0 Å². The van der Waals surface area contributed by atoms with E-state index in [1.807, 2.05) is 0 Å². The third-order valence-corrected chi connectivity index (χ3v) is 3.68. The highest BCUT2D eigenvalue weighted by Crippen LogP contribution is 2.27. The number of carboxylic acid groups (broad SMARTS) is 1. The van der Waals surface area contributed by atoms with Crippen LogP contribution in [0.5, 0.6) is 0 Å². The number of pyridine rings is 1. The first kappa shape index (κ1) is 13.6. The maximum atomic E-state index is 13.7. The quantitative estimate of drug-likeness (QED) is 0.740. The maximum absolute atomic E-state index is 13.7. The minimum atomic E-state index is -1.11. The number of aliphatic carboxylic acids is 1. The molecule has 0 radical (unpaired) electrons. The fourth-order valence-corrected chi connectivity index (χ4v) is 2.72. The molecule has 21 heavy (non-hydrogen) atoms. The number of benzene rings is 2. The van der Waals surface area contributed by atoms with Gasteiger partial charge < -0.3 is 9.67 Å². The molecule has 1 heterocycles. The van der Waals surface area contributed by atoms with Crippen molar-refractivity contribution in [2.24, 2.45) is 0 Å². The van der Waals surface area contributed by atoms with Crippen molar-refractivity contribution in [3.05, 3.63) is 57.5 Å². The Bertz CT molecular complexity index is 949. The third kappa shape index (κ3) is 2.06. The second kappa shape index (κ2) is 4.86. The van der Waals surface area contributed by atoms with E-state index in [-0.39, 0.29) is 21.4 Å². The van der Waals surface area contributed by atoms with Gasteiger partial charge in [-0.3, -0.25) is 9.59 Å². The summed E-state index contributed by atoms with van der Waals surface area (Å²) in [5.41, 5.74) is 0.205. The molecule has 0 aliphatic heterocycles. The number of para-hydroxylation sites is 1. The third-order valence-electron chi connectivity index (χ3n) is 3.32. The molecule has 106 valence electrons. The van der Waals surface area contributed by atoms with E-state index in [1.54, 1.807) is 24.3 Å². The van der Waals surface area contributed by atoms with Gasteiger partial charge in [-0.05, 0) is 24.3 Å². The fraction of sp³-hybridized carbons (Fsp3) is 0.0667. The molecule has 3 rings (SSSR count). The van der Waals surface area contributed by atoms with E-state index in [2.05, 4.69) is 0 Å². The van der Waals surface area contributed by atoms with Crippen molar-refractivity contribution in [3.63, 3.8) is 0 Å². The molecule has 0 saturated heterocycles. The lowest BCUT2D eigenvalue weighted by Gasteiger charge is -2.14. The normalized spacial score (nSPS) is 11.1. The monoisotopic (exact) mass is 305 g/mol. The highest BCUT2D eigenvalue weighted by molar-refractivity contribution is 6.35. The van der Waals surface area contributed by atoms with E-state index in [0.29, 0.717) is 10.9 Å². The van der Waals surface area contributed by atoms with Gasteiger partial charge in [-0.15, -0.1) is 0 Å². The first-order valence-electron chi connectivity index (χ1n) is 6.11. The Morgan fingerprint density at radius 2 is 1.90 bits per heavy atom. The summed E-state index contributed by atoms with van der Waals surface area (Å²) in [7, 11) is 0. The molecule has 0 fully saturated rings. The van der Waals surface area contributed by atoms with Crippen molar-refractivity contribution in [1.82, 2.24) is 4.57 Å². The lowest BCUT2D eigenvalue weighted by atomic mass is 10.1. The van der Waals surface area contributed by atoms with E-state index < -0.39 is 18.3 Å². The van der Waals surface area contributed by atoms with Gasteiger partial charge in [0.2, 0.25) is 0 Å². The van der Waals surface area contributed by atoms with Crippen LogP contribution in [0.2, 0.25) is 5.02 Å². The van der Waals surface area contributed by atoms with Crippen molar-refractivity contribution in [2.75, 3.05) is 0 Å². The Morgan fingerprint density at radius 3 is 2.62 bits per heavy atom. The van der Waals surface area contributed by atoms with Crippen LogP contribution in [0.25, 0.3) is 21.8 Å².